The monoisotopic (exact) mass is 296 g/mol. The second-order valence-electron chi connectivity index (χ2n) is 6.65. The Morgan fingerprint density at radius 3 is 2.48 bits per heavy atom. The summed E-state index contributed by atoms with van der Waals surface area (Å²) >= 11 is 0. The summed E-state index contributed by atoms with van der Waals surface area (Å²) in [4.78, 5) is 0. The van der Waals surface area contributed by atoms with Gasteiger partial charge in [0.2, 0.25) is 0 Å². The molecule has 0 unspecified atom stereocenters. The number of aliphatic hydroxyl groups excluding tert-OH is 1. The zero-order chi connectivity index (χ0) is 15.3. The summed E-state index contributed by atoms with van der Waals surface area (Å²) in [7, 11) is -1.43. The largest absolute Gasteiger partial charge is 0.388 e. The highest BCUT2D eigenvalue weighted by atomic mass is 28.3. The standard InChI is InChI=1S/C19H24OSi/c1-21(2,3)14-13-17(16-9-5-4-6-10-16)15-18-11-7-8-12-19(18)20/h4-6,9-10,19-20H,7-8,11-12H2,1-3H3/t15?,19-/m1/s1. The van der Waals surface area contributed by atoms with Crippen molar-refractivity contribution in [3.05, 3.63) is 47.2 Å². The molecule has 1 fully saturated rings. The Kier molecular flexibility index (Phi) is 5.26. The number of benzene rings is 1. The van der Waals surface area contributed by atoms with Crippen molar-refractivity contribution in [1.82, 2.24) is 0 Å². The fourth-order valence-electron chi connectivity index (χ4n) is 2.33. The topological polar surface area (TPSA) is 20.2 Å². The van der Waals surface area contributed by atoms with Gasteiger partial charge in [-0.1, -0.05) is 62.3 Å². The third kappa shape index (κ3) is 5.06. The second-order valence-corrected chi connectivity index (χ2v) is 11.4. The zero-order valence-corrected chi connectivity index (χ0v) is 14.2. The SMILES string of the molecule is C[Si](C)(C)C#CC(=C=C1CCCC[C@H]1O)c1ccccc1. The Bertz CT molecular complexity index is 604. The van der Waals surface area contributed by atoms with Crippen molar-refractivity contribution in [2.75, 3.05) is 0 Å². The van der Waals surface area contributed by atoms with Crippen molar-refractivity contribution in [3.8, 4) is 11.5 Å². The van der Waals surface area contributed by atoms with Crippen molar-refractivity contribution in [3.63, 3.8) is 0 Å². The molecule has 1 aliphatic rings. The summed E-state index contributed by atoms with van der Waals surface area (Å²) in [5.41, 5.74) is 9.88. The van der Waals surface area contributed by atoms with Crippen LogP contribution in [0.5, 0.6) is 0 Å². The fourth-order valence-corrected chi connectivity index (χ4v) is 2.83. The lowest BCUT2D eigenvalue weighted by molar-refractivity contribution is 0.179. The van der Waals surface area contributed by atoms with E-state index in [0.717, 1.165) is 42.4 Å². The van der Waals surface area contributed by atoms with Gasteiger partial charge in [0.25, 0.3) is 0 Å². The molecule has 1 aromatic rings. The summed E-state index contributed by atoms with van der Waals surface area (Å²) in [6, 6.07) is 10.2. The molecule has 0 spiro atoms. The highest BCUT2D eigenvalue weighted by Crippen LogP contribution is 2.24. The number of aliphatic hydroxyl groups is 1. The molecule has 2 rings (SSSR count). The van der Waals surface area contributed by atoms with E-state index in [-0.39, 0.29) is 6.10 Å². The van der Waals surface area contributed by atoms with Crippen LogP contribution in [0.4, 0.5) is 0 Å². The molecule has 0 aromatic heterocycles. The molecule has 1 aliphatic carbocycles. The van der Waals surface area contributed by atoms with E-state index in [4.69, 9.17) is 0 Å². The summed E-state index contributed by atoms with van der Waals surface area (Å²) in [5, 5.41) is 10.1. The van der Waals surface area contributed by atoms with Gasteiger partial charge < -0.3 is 5.11 Å². The Morgan fingerprint density at radius 1 is 1.14 bits per heavy atom. The maximum atomic E-state index is 10.1. The van der Waals surface area contributed by atoms with Crippen molar-refractivity contribution < 1.29 is 5.11 Å². The summed E-state index contributed by atoms with van der Waals surface area (Å²) in [5.74, 6) is 3.33. The van der Waals surface area contributed by atoms with E-state index in [9.17, 15) is 5.11 Å². The van der Waals surface area contributed by atoms with Crippen LogP contribution in [0.3, 0.4) is 0 Å². The molecule has 110 valence electrons. The van der Waals surface area contributed by atoms with Crippen LogP contribution in [0, 0.1) is 11.5 Å². The van der Waals surface area contributed by atoms with E-state index in [1.807, 2.05) is 18.2 Å². The first-order valence-electron chi connectivity index (χ1n) is 7.72. The molecule has 0 amide bonds. The van der Waals surface area contributed by atoms with E-state index in [1.54, 1.807) is 0 Å². The summed E-state index contributed by atoms with van der Waals surface area (Å²) < 4.78 is 0. The van der Waals surface area contributed by atoms with Gasteiger partial charge in [-0.25, -0.2) is 0 Å². The summed E-state index contributed by atoms with van der Waals surface area (Å²) in [6.45, 7) is 6.72. The number of hydrogen-bond donors (Lipinski definition) is 1. The molecular formula is C19H24OSi. The minimum absolute atomic E-state index is 0.342. The van der Waals surface area contributed by atoms with E-state index in [0.29, 0.717) is 0 Å². The number of hydrogen-bond acceptors (Lipinski definition) is 1. The molecule has 1 saturated carbocycles. The van der Waals surface area contributed by atoms with Crippen LogP contribution < -0.4 is 0 Å². The molecule has 0 saturated heterocycles. The minimum Gasteiger partial charge on any atom is -0.388 e. The molecule has 1 N–H and O–H groups in total. The third-order valence-corrected chi connectivity index (χ3v) is 4.36. The Morgan fingerprint density at radius 2 is 1.86 bits per heavy atom. The van der Waals surface area contributed by atoms with Crippen LogP contribution in [0.2, 0.25) is 19.6 Å². The highest BCUT2D eigenvalue weighted by Gasteiger charge is 2.16. The van der Waals surface area contributed by atoms with E-state index >= 15 is 0 Å². The van der Waals surface area contributed by atoms with E-state index in [1.165, 1.54) is 0 Å². The van der Waals surface area contributed by atoms with Crippen LogP contribution in [0.1, 0.15) is 31.2 Å². The van der Waals surface area contributed by atoms with Gasteiger partial charge in [-0.2, -0.15) is 0 Å². The van der Waals surface area contributed by atoms with Gasteiger partial charge in [-0.15, -0.1) is 11.3 Å². The van der Waals surface area contributed by atoms with Crippen molar-refractivity contribution in [2.24, 2.45) is 0 Å². The maximum Gasteiger partial charge on any atom is 0.129 e. The second kappa shape index (κ2) is 6.96. The van der Waals surface area contributed by atoms with Gasteiger partial charge in [0.05, 0.1) is 11.7 Å². The molecule has 0 aliphatic heterocycles. The van der Waals surface area contributed by atoms with Gasteiger partial charge >= 0.3 is 0 Å². The van der Waals surface area contributed by atoms with Crippen LogP contribution in [-0.4, -0.2) is 19.3 Å². The average molecular weight is 296 g/mol. The first-order chi connectivity index (χ1) is 9.96. The van der Waals surface area contributed by atoms with E-state index < -0.39 is 8.07 Å². The Hall–Kier alpha value is -1.52. The van der Waals surface area contributed by atoms with Crippen molar-refractivity contribution in [1.29, 1.82) is 0 Å². The Labute approximate surface area is 129 Å². The van der Waals surface area contributed by atoms with Gasteiger partial charge in [-0.05, 0) is 24.8 Å². The smallest absolute Gasteiger partial charge is 0.129 e. The predicted molar refractivity (Wildman–Crippen MR) is 92.5 cm³/mol. The average Bonchev–Trinajstić information content (AvgIpc) is 2.45. The van der Waals surface area contributed by atoms with Gasteiger partial charge in [0.1, 0.15) is 8.07 Å². The van der Waals surface area contributed by atoms with Gasteiger partial charge in [-0.3, -0.25) is 0 Å². The van der Waals surface area contributed by atoms with Crippen LogP contribution >= 0.6 is 0 Å². The van der Waals surface area contributed by atoms with Crippen molar-refractivity contribution in [2.45, 2.75) is 51.4 Å². The van der Waals surface area contributed by atoms with Gasteiger partial charge in [0.15, 0.2) is 0 Å². The predicted octanol–water partition coefficient (Wildman–Crippen LogP) is 4.41. The van der Waals surface area contributed by atoms with Crippen LogP contribution in [0.15, 0.2) is 41.6 Å². The number of rotatable bonds is 1. The molecule has 1 atom stereocenters. The van der Waals surface area contributed by atoms with Gasteiger partial charge in [0, 0.05) is 5.57 Å². The highest BCUT2D eigenvalue weighted by molar-refractivity contribution is 6.84. The normalized spacial score (nSPS) is 18.5. The fraction of sp³-hybridized carbons (Fsp3) is 0.421. The first kappa shape index (κ1) is 15.9. The maximum absolute atomic E-state index is 10.1. The molecule has 0 heterocycles. The molecule has 0 bridgehead atoms. The molecule has 0 radical (unpaired) electrons. The molecule has 21 heavy (non-hydrogen) atoms. The third-order valence-electron chi connectivity index (χ3n) is 3.49. The Balaban J connectivity index is 2.50. The van der Waals surface area contributed by atoms with Crippen LogP contribution in [0.25, 0.3) is 5.57 Å². The first-order valence-corrected chi connectivity index (χ1v) is 11.2. The molecule has 2 heteroatoms. The van der Waals surface area contributed by atoms with Crippen LogP contribution in [-0.2, 0) is 0 Å². The molecular weight excluding hydrogens is 272 g/mol. The molecule has 1 aromatic carbocycles. The lowest BCUT2D eigenvalue weighted by atomic mass is 9.91. The summed E-state index contributed by atoms with van der Waals surface area (Å²) in [6.07, 6.45) is 3.69. The zero-order valence-electron chi connectivity index (χ0n) is 13.2. The minimum atomic E-state index is -1.43. The molecule has 1 nitrogen and oxygen atoms in total. The van der Waals surface area contributed by atoms with E-state index in [2.05, 4.69) is 49.0 Å². The lowest BCUT2D eigenvalue weighted by Gasteiger charge is -2.18. The lowest BCUT2D eigenvalue weighted by Crippen LogP contribution is -2.16. The van der Waals surface area contributed by atoms with Crippen molar-refractivity contribution >= 4 is 13.6 Å². The quantitative estimate of drug-likeness (QED) is 0.462.